The van der Waals surface area contributed by atoms with Crippen LogP contribution in [0, 0.1) is 0 Å². The maximum atomic E-state index is 5.27. The molecule has 8 aromatic rings. The quantitative estimate of drug-likeness (QED) is 0.133. The van der Waals surface area contributed by atoms with Crippen LogP contribution in [0.4, 0.5) is 5.69 Å². The Kier molecular flexibility index (Phi) is 7.45. The van der Waals surface area contributed by atoms with Crippen LogP contribution in [0.1, 0.15) is 30.9 Å². The van der Waals surface area contributed by atoms with E-state index in [0.717, 1.165) is 41.2 Å². The van der Waals surface area contributed by atoms with Crippen LogP contribution in [0.15, 0.2) is 162 Å². The molecule has 220 valence electrons. The SMILES string of the molecule is CCCC(=NC(=Nc1ccc2c(c1)sc1cc3ccccc3cc12)c1ccccc1)c1ccc(-c2ccc3ccccc3c2)cc1. The highest BCUT2D eigenvalue weighted by Gasteiger charge is 2.11. The predicted molar refractivity (Wildman–Crippen MR) is 200 cm³/mol. The van der Waals surface area contributed by atoms with Crippen molar-refractivity contribution in [3.05, 3.63) is 163 Å². The third-order valence-corrected chi connectivity index (χ3v) is 9.73. The number of nitrogens with zero attached hydrogens (tertiary/aromatic N) is 2. The minimum absolute atomic E-state index is 0.730. The highest BCUT2D eigenvalue weighted by Crippen LogP contribution is 2.38. The van der Waals surface area contributed by atoms with Crippen LogP contribution >= 0.6 is 11.3 Å². The van der Waals surface area contributed by atoms with Gasteiger partial charge >= 0.3 is 0 Å². The molecule has 2 nitrogen and oxygen atoms in total. The van der Waals surface area contributed by atoms with Gasteiger partial charge in [-0.3, -0.25) is 0 Å². The van der Waals surface area contributed by atoms with Gasteiger partial charge < -0.3 is 0 Å². The van der Waals surface area contributed by atoms with E-state index in [2.05, 4.69) is 153 Å². The molecule has 1 heterocycles. The molecule has 0 amide bonds. The summed E-state index contributed by atoms with van der Waals surface area (Å²) in [7, 11) is 0. The molecule has 8 rings (SSSR count). The van der Waals surface area contributed by atoms with Crippen molar-refractivity contribution < 1.29 is 0 Å². The zero-order chi connectivity index (χ0) is 30.9. The third kappa shape index (κ3) is 5.51. The van der Waals surface area contributed by atoms with E-state index in [1.54, 1.807) is 0 Å². The molecule has 0 aliphatic heterocycles. The van der Waals surface area contributed by atoms with Gasteiger partial charge in [-0.1, -0.05) is 135 Å². The van der Waals surface area contributed by atoms with Gasteiger partial charge in [-0.15, -0.1) is 11.3 Å². The molecule has 0 saturated carbocycles. The summed E-state index contributed by atoms with van der Waals surface area (Å²) < 4.78 is 2.54. The van der Waals surface area contributed by atoms with E-state index in [0.29, 0.717) is 0 Å². The molecular formula is C43H32N2S. The number of fused-ring (bicyclic) bond motifs is 5. The van der Waals surface area contributed by atoms with Gasteiger partial charge in [-0.05, 0) is 75.0 Å². The van der Waals surface area contributed by atoms with Crippen molar-refractivity contribution >= 4 is 70.3 Å². The smallest absolute Gasteiger partial charge is 0.160 e. The summed E-state index contributed by atoms with van der Waals surface area (Å²) in [6.07, 6.45) is 1.86. The summed E-state index contributed by atoms with van der Waals surface area (Å²) >= 11 is 1.83. The summed E-state index contributed by atoms with van der Waals surface area (Å²) in [5.74, 6) is 0.730. The molecule has 1 aromatic heterocycles. The first-order valence-electron chi connectivity index (χ1n) is 15.9. The van der Waals surface area contributed by atoms with E-state index in [1.807, 2.05) is 17.4 Å². The Balaban J connectivity index is 1.18. The minimum Gasteiger partial charge on any atom is -0.233 e. The van der Waals surface area contributed by atoms with Gasteiger partial charge in [0.1, 0.15) is 0 Å². The first-order valence-corrected chi connectivity index (χ1v) is 16.7. The van der Waals surface area contributed by atoms with Crippen LogP contribution in [0.5, 0.6) is 0 Å². The first kappa shape index (κ1) is 28.1. The maximum absolute atomic E-state index is 5.27. The number of thiophene rings is 1. The van der Waals surface area contributed by atoms with Crippen LogP contribution in [0.3, 0.4) is 0 Å². The second kappa shape index (κ2) is 12.2. The molecule has 0 bridgehead atoms. The molecule has 0 N–H and O–H groups in total. The van der Waals surface area contributed by atoms with Crippen LogP contribution in [0.2, 0.25) is 0 Å². The Morgan fingerprint density at radius 2 is 1.17 bits per heavy atom. The first-order chi connectivity index (χ1) is 22.7. The monoisotopic (exact) mass is 608 g/mol. The zero-order valence-corrected chi connectivity index (χ0v) is 26.5. The number of aliphatic imine (C=N–C) groups is 2. The summed E-state index contributed by atoms with van der Waals surface area (Å²) in [4.78, 5) is 10.5. The summed E-state index contributed by atoms with van der Waals surface area (Å²) in [6, 6.07) is 54.1. The van der Waals surface area contributed by atoms with Gasteiger partial charge in [0.05, 0.1) is 11.4 Å². The molecule has 0 atom stereocenters. The molecule has 0 aliphatic carbocycles. The van der Waals surface area contributed by atoms with Gasteiger partial charge in [-0.2, -0.15) is 0 Å². The lowest BCUT2D eigenvalue weighted by Gasteiger charge is -2.10. The summed E-state index contributed by atoms with van der Waals surface area (Å²) in [6.45, 7) is 2.21. The van der Waals surface area contributed by atoms with E-state index in [4.69, 9.17) is 9.98 Å². The van der Waals surface area contributed by atoms with Crippen molar-refractivity contribution in [2.24, 2.45) is 9.98 Å². The second-order valence-electron chi connectivity index (χ2n) is 11.7. The standard InChI is InChI=1S/C43H32N2S/c1-2-10-40(31-20-17-30(18-21-31)36-22-19-29-11-6-7-14-33(29)25-36)45-43(32-12-4-3-5-13-32)44-37-23-24-38-39-26-34-15-8-9-16-35(34)27-41(39)46-42(38)28-37/h3-9,11-28H,2,10H2,1H3. The van der Waals surface area contributed by atoms with Gasteiger partial charge in [0.15, 0.2) is 5.84 Å². The van der Waals surface area contributed by atoms with E-state index in [9.17, 15) is 0 Å². The van der Waals surface area contributed by atoms with Gasteiger partial charge in [-0.25, -0.2) is 9.98 Å². The van der Waals surface area contributed by atoms with Gasteiger partial charge in [0, 0.05) is 25.7 Å². The Labute approximate surface area is 273 Å². The molecule has 3 heteroatoms. The van der Waals surface area contributed by atoms with Crippen molar-refractivity contribution in [1.82, 2.24) is 0 Å². The Bertz CT molecular complexity index is 2410. The molecule has 0 saturated heterocycles. The summed E-state index contributed by atoms with van der Waals surface area (Å²) in [5, 5.41) is 7.62. The average molecular weight is 609 g/mol. The topological polar surface area (TPSA) is 24.7 Å². The van der Waals surface area contributed by atoms with Crippen molar-refractivity contribution in [2.75, 3.05) is 0 Å². The van der Waals surface area contributed by atoms with Gasteiger partial charge in [0.2, 0.25) is 0 Å². The molecule has 46 heavy (non-hydrogen) atoms. The number of hydrogen-bond acceptors (Lipinski definition) is 2. The third-order valence-electron chi connectivity index (χ3n) is 8.62. The number of hydrogen-bond donors (Lipinski definition) is 0. The van der Waals surface area contributed by atoms with Crippen LogP contribution < -0.4 is 0 Å². The molecule has 0 fully saturated rings. The van der Waals surface area contributed by atoms with Crippen molar-refractivity contribution in [1.29, 1.82) is 0 Å². The molecule has 0 unspecified atom stereocenters. The van der Waals surface area contributed by atoms with Crippen molar-refractivity contribution in [3.8, 4) is 11.1 Å². The van der Waals surface area contributed by atoms with E-state index in [1.165, 1.54) is 52.8 Å². The van der Waals surface area contributed by atoms with Crippen LogP contribution in [-0.2, 0) is 0 Å². The van der Waals surface area contributed by atoms with E-state index in [-0.39, 0.29) is 0 Å². The van der Waals surface area contributed by atoms with Crippen LogP contribution in [-0.4, -0.2) is 11.5 Å². The van der Waals surface area contributed by atoms with E-state index < -0.39 is 0 Å². The van der Waals surface area contributed by atoms with Crippen molar-refractivity contribution in [3.63, 3.8) is 0 Å². The largest absolute Gasteiger partial charge is 0.233 e. The molecule has 0 aliphatic rings. The lowest BCUT2D eigenvalue weighted by Crippen LogP contribution is -2.07. The molecular weight excluding hydrogens is 577 g/mol. The Morgan fingerprint density at radius 3 is 1.93 bits per heavy atom. The van der Waals surface area contributed by atoms with Crippen molar-refractivity contribution in [2.45, 2.75) is 19.8 Å². The highest BCUT2D eigenvalue weighted by atomic mass is 32.1. The lowest BCUT2D eigenvalue weighted by atomic mass is 9.98. The Hall–Kier alpha value is -5.38. The predicted octanol–water partition coefficient (Wildman–Crippen LogP) is 12.4. The zero-order valence-electron chi connectivity index (χ0n) is 25.7. The number of amidine groups is 1. The summed E-state index contributed by atoms with van der Waals surface area (Å²) in [5.41, 5.74) is 6.51. The normalized spacial score (nSPS) is 12.5. The number of benzene rings is 7. The highest BCUT2D eigenvalue weighted by molar-refractivity contribution is 7.25. The molecule has 0 spiro atoms. The second-order valence-corrected chi connectivity index (χ2v) is 12.8. The fourth-order valence-electron chi connectivity index (χ4n) is 6.24. The Morgan fingerprint density at radius 1 is 0.522 bits per heavy atom. The average Bonchev–Trinajstić information content (AvgIpc) is 3.46. The fraction of sp³-hybridized carbons (Fsp3) is 0.0698. The van der Waals surface area contributed by atoms with Gasteiger partial charge in [0.25, 0.3) is 0 Å². The molecule has 7 aromatic carbocycles. The minimum atomic E-state index is 0.730. The maximum Gasteiger partial charge on any atom is 0.160 e. The fourth-order valence-corrected chi connectivity index (χ4v) is 7.41. The van der Waals surface area contributed by atoms with Crippen LogP contribution in [0.25, 0.3) is 52.8 Å². The lowest BCUT2D eigenvalue weighted by molar-refractivity contribution is 0.993. The molecule has 0 radical (unpaired) electrons. The van der Waals surface area contributed by atoms with E-state index >= 15 is 0 Å². The number of rotatable bonds is 6.